The number of benzene rings is 2. The Morgan fingerprint density at radius 2 is 1.69 bits per heavy atom. The van der Waals surface area contributed by atoms with Crippen molar-refractivity contribution in [3.63, 3.8) is 0 Å². The number of hydrogen-bond donors (Lipinski definition) is 1. The molecule has 0 unspecified atom stereocenters. The highest BCUT2D eigenvalue weighted by atomic mass is 32.2. The topological polar surface area (TPSA) is 90.9 Å². The predicted molar refractivity (Wildman–Crippen MR) is 88.1 cm³/mol. The van der Waals surface area contributed by atoms with E-state index in [9.17, 15) is 22.0 Å². The van der Waals surface area contributed by atoms with Crippen LogP contribution < -0.4 is 14.2 Å². The van der Waals surface area contributed by atoms with Gasteiger partial charge in [-0.3, -0.25) is 4.72 Å². The van der Waals surface area contributed by atoms with Gasteiger partial charge in [0.1, 0.15) is 28.0 Å². The molecule has 0 atom stereocenters. The summed E-state index contributed by atoms with van der Waals surface area (Å²) in [6, 6.07) is 5.09. The predicted octanol–water partition coefficient (Wildman–Crippen LogP) is 2.57. The molecule has 10 heteroatoms. The molecule has 0 aliphatic rings. The summed E-state index contributed by atoms with van der Waals surface area (Å²) in [6.07, 6.45) is 0. The number of ether oxygens (including phenoxy) is 3. The molecule has 0 saturated carbocycles. The molecule has 7 nitrogen and oxygen atoms in total. The Balaban J connectivity index is 2.52. The number of carbonyl (C=O) groups excluding carboxylic acids is 1. The highest BCUT2D eigenvalue weighted by molar-refractivity contribution is 7.92. The van der Waals surface area contributed by atoms with Gasteiger partial charge in [-0.15, -0.1) is 0 Å². The minimum atomic E-state index is -4.34. The Morgan fingerprint density at radius 1 is 1.00 bits per heavy atom. The molecule has 2 rings (SSSR count). The van der Waals surface area contributed by atoms with Crippen molar-refractivity contribution in [2.45, 2.75) is 4.90 Å². The maximum atomic E-state index is 14.0. The Kier molecular flexibility index (Phi) is 5.66. The number of esters is 1. The van der Waals surface area contributed by atoms with Crippen LogP contribution in [0.25, 0.3) is 0 Å². The van der Waals surface area contributed by atoms with Gasteiger partial charge in [0, 0.05) is 12.1 Å². The van der Waals surface area contributed by atoms with Crippen molar-refractivity contribution >= 4 is 21.7 Å². The van der Waals surface area contributed by atoms with E-state index in [-0.39, 0.29) is 16.4 Å². The van der Waals surface area contributed by atoms with Gasteiger partial charge in [0.25, 0.3) is 10.0 Å². The Bertz CT molecular complexity index is 946. The summed E-state index contributed by atoms with van der Waals surface area (Å²) < 4.78 is 69.2. The van der Waals surface area contributed by atoms with Crippen LogP contribution in [0.15, 0.2) is 35.2 Å². The maximum Gasteiger partial charge on any atom is 0.340 e. The minimum Gasteiger partial charge on any atom is -0.497 e. The number of anilines is 1. The minimum absolute atomic E-state index is 0.0194. The highest BCUT2D eigenvalue weighted by Gasteiger charge is 2.24. The second-order valence-corrected chi connectivity index (χ2v) is 6.58. The molecule has 26 heavy (non-hydrogen) atoms. The average Bonchev–Trinajstić information content (AvgIpc) is 2.62. The summed E-state index contributed by atoms with van der Waals surface area (Å²) in [5, 5.41) is 0. The van der Waals surface area contributed by atoms with E-state index in [0.29, 0.717) is 12.1 Å². The second-order valence-electron chi connectivity index (χ2n) is 4.93. The molecule has 0 spiro atoms. The van der Waals surface area contributed by atoms with Crippen molar-refractivity contribution in [1.82, 2.24) is 0 Å². The third-order valence-electron chi connectivity index (χ3n) is 3.37. The molecule has 0 radical (unpaired) electrons. The number of hydrogen-bond acceptors (Lipinski definition) is 6. The van der Waals surface area contributed by atoms with E-state index >= 15 is 0 Å². The third-order valence-corrected chi connectivity index (χ3v) is 4.75. The molecular weight excluding hydrogens is 372 g/mol. The molecule has 0 aliphatic carbocycles. The van der Waals surface area contributed by atoms with E-state index in [2.05, 4.69) is 4.74 Å². The van der Waals surface area contributed by atoms with Crippen molar-refractivity contribution in [2.75, 3.05) is 26.1 Å². The Hall–Kier alpha value is -2.88. The van der Waals surface area contributed by atoms with Crippen LogP contribution in [-0.2, 0) is 14.8 Å². The quantitative estimate of drug-likeness (QED) is 0.766. The lowest BCUT2D eigenvalue weighted by molar-refractivity contribution is 0.0595. The van der Waals surface area contributed by atoms with Crippen molar-refractivity contribution < 1.29 is 36.2 Å². The monoisotopic (exact) mass is 387 g/mol. The SMILES string of the molecule is COC(=O)c1cc(NS(=O)(=O)c2cc(OC)ccc2OC)c(F)cc1F. The van der Waals surface area contributed by atoms with Crippen LogP contribution in [0.3, 0.4) is 0 Å². The summed E-state index contributed by atoms with van der Waals surface area (Å²) >= 11 is 0. The van der Waals surface area contributed by atoms with Crippen LogP contribution in [0, 0.1) is 11.6 Å². The van der Waals surface area contributed by atoms with Crippen molar-refractivity contribution in [3.05, 3.63) is 47.5 Å². The van der Waals surface area contributed by atoms with Crippen LogP contribution >= 0.6 is 0 Å². The number of sulfonamides is 1. The van der Waals surface area contributed by atoms with E-state index in [1.165, 1.54) is 32.4 Å². The fourth-order valence-corrected chi connectivity index (χ4v) is 3.33. The lowest BCUT2D eigenvalue weighted by Gasteiger charge is -2.14. The average molecular weight is 387 g/mol. The molecular formula is C16H15F2NO6S. The zero-order chi connectivity index (χ0) is 19.5. The van der Waals surface area contributed by atoms with Gasteiger partial charge < -0.3 is 14.2 Å². The first-order valence-electron chi connectivity index (χ1n) is 7.05. The summed E-state index contributed by atoms with van der Waals surface area (Å²) in [5.74, 6) is -3.27. The van der Waals surface area contributed by atoms with Gasteiger partial charge in [0.05, 0.1) is 32.6 Å². The molecule has 140 valence electrons. The maximum absolute atomic E-state index is 14.0. The van der Waals surface area contributed by atoms with Gasteiger partial charge in [0.15, 0.2) is 0 Å². The van der Waals surface area contributed by atoms with E-state index in [0.717, 1.165) is 7.11 Å². The number of rotatable bonds is 6. The summed E-state index contributed by atoms with van der Waals surface area (Å²) in [7, 11) is -0.733. The number of carbonyl (C=O) groups is 1. The van der Waals surface area contributed by atoms with Gasteiger partial charge in [-0.1, -0.05) is 0 Å². The number of halogens is 2. The lowest BCUT2D eigenvalue weighted by Crippen LogP contribution is -2.16. The van der Waals surface area contributed by atoms with Gasteiger partial charge in [0.2, 0.25) is 0 Å². The molecule has 0 fully saturated rings. The van der Waals surface area contributed by atoms with E-state index in [1.54, 1.807) is 0 Å². The van der Waals surface area contributed by atoms with Crippen LogP contribution in [0.2, 0.25) is 0 Å². The molecule has 2 aromatic rings. The van der Waals surface area contributed by atoms with Crippen LogP contribution in [0.4, 0.5) is 14.5 Å². The number of methoxy groups -OCH3 is 3. The summed E-state index contributed by atoms with van der Waals surface area (Å²) in [5.41, 5.74) is -1.25. The third kappa shape index (κ3) is 3.85. The first-order chi connectivity index (χ1) is 12.2. The first kappa shape index (κ1) is 19.4. The van der Waals surface area contributed by atoms with E-state index in [1.807, 2.05) is 4.72 Å². The highest BCUT2D eigenvalue weighted by Crippen LogP contribution is 2.31. The molecule has 1 N–H and O–H groups in total. The molecule has 2 aromatic carbocycles. The van der Waals surface area contributed by atoms with Gasteiger partial charge >= 0.3 is 5.97 Å². The van der Waals surface area contributed by atoms with E-state index < -0.39 is 38.9 Å². The Morgan fingerprint density at radius 3 is 2.27 bits per heavy atom. The van der Waals surface area contributed by atoms with Gasteiger partial charge in [-0.25, -0.2) is 22.0 Å². The van der Waals surface area contributed by atoms with E-state index in [4.69, 9.17) is 9.47 Å². The largest absolute Gasteiger partial charge is 0.497 e. The first-order valence-corrected chi connectivity index (χ1v) is 8.54. The van der Waals surface area contributed by atoms with Crippen LogP contribution in [0.1, 0.15) is 10.4 Å². The van der Waals surface area contributed by atoms with Gasteiger partial charge in [-0.05, 0) is 18.2 Å². The zero-order valence-electron chi connectivity index (χ0n) is 14.0. The van der Waals surface area contributed by atoms with Crippen molar-refractivity contribution in [1.29, 1.82) is 0 Å². The van der Waals surface area contributed by atoms with Gasteiger partial charge in [-0.2, -0.15) is 0 Å². The summed E-state index contributed by atoms with van der Waals surface area (Å²) in [6.45, 7) is 0. The molecule has 0 aromatic heterocycles. The molecule has 0 heterocycles. The summed E-state index contributed by atoms with van der Waals surface area (Å²) in [4.78, 5) is 11.2. The fourth-order valence-electron chi connectivity index (χ4n) is 2.09. The second kappa shape index (κ2) is 7.56. The Labute approximate surface area is 148 Å². The fraction of sp³-hybridized carbons (Fsp3) is 0.188. The van der Waals surface area contributed by atoms with Crippen molar-refractivity contribution in [3.8, 4) is 11.5 Å². The van der Waals surface area contributed by atoms with Crippen LogP contribution in [-0.4, -0.2) is 35.7 Å². The molecule has 0 amide bonds. The number of nitrogens with one attached hydrogen (secondary N) is 1. The molecule has 0 saturated heterocycles. The molecule has 0 bridgehead atoms. The van der Waals surface area contributed by atoms with Crippen LogP contribution in [0.5, 0.6) is 11.5 Å². The standard InChI is InChI=1S/C16H15F2NO6S/c1-23-9-4-5-14(24-2)15(6-9)26(21,22)19-13-7-10(16(20)25-3)11(17)8-12(13)18/h4-8,19H,1-3H3. The van der Waals surface area contributed by atoms with Crippen molar-refractivity contribution in [2.24, 2.45) is 0 Å². The smallest absolute Gasteiger partial charge is 0.340 e. The zero-order valence-corrected chi connectivity index (χ0v) is 14.8. The molecule has 0 aliphatic heterocycles. The normalized spacial score (nSPS) is 11.0. The lowest BCUT2D eigenvalue weighted by atomic mass is 10.2.